The van der Waals surface area contributed by atoms with Gasteiger partial charge in [0.15, 0.2) is 0 Å². The predicted octanol–water partition coefficient (Wildman–Crippen LogP) is 5.52. The average Bonchev–Trinajstić information content (AvgIpc) is 2.89. The summed E-state index contributed by atoms with van der Waals surface area (Å²) in [4.78, 5) is 4.94. The number of halogens is 1. The van der Waals surface area contributed by atoms with Crippen LogP contribution in [0.5, 0.6) is 5.75 Å². The zero-order valence-electron chi connectivity index (χ0n) is 22.2. The van der Waals surface area contributed by atoms with Crippen LogP contribution in [0.25, 0.3) is 0 Å². The maximum absolute atomic E-state index is 13.3. The Morgan fingerprint density at radius 3 is 2.28 bits per heavy atom. The Bertz CT molecular complexity index is 923. The molecule has 2 unspecified atom stereocenters. The molecule has 5 nitrogen and oxygen atoms in total. The van der Waals surface area contributed by atoms with Crippen LogP contribution >= 0.6 is 0 Å². The Kier molecular flexibility index (Phi) is 11.2. The standard InChI is InChI=1S/C30H42FN3O2/c1-4-21-35-23-29(36-28-13-11-27(31)12-14-28)22-34-19-17-33(18-20-34)16-8-15-30(24-32,25(2)3)26-9-6-5-7-10-26/h5-7,9-14,25,29H,4,8,15-23H2,1-3H3. The van der Waals surface area contributed by atoms with Gasteiger partial charge in [-0.05, 0) is 61.6 Å². The normalized spacial score (nSPS) is 17.4. The molecular weight excluding hydrogens is 453 g/mol. The number of rotatable bonds is 14. The van der Waals surface area contributed by atoms with Crippen molar-refractivity contribution in [2.24, 2.45) is 5.92 Å². The highest BCUT2D eigenvalue weighted by molar-refractivity contribution is 5.33. The van der Waals surface area contributed by atoms with Crippen molar-refractivity contribution < 1.29 is 13.9 Å². The van der Waals surface area contributed by atoms with Crippen LogP contribution in [0.3, 0.4) is 0 Å². The van der Waals surface area contributed by atoms with Gasteiger partial charge < -0.3 is 14.4 Å². The van der Waals surface area contributed by atoms with E-state index in [9.17, 15) is 9.65 Å². The smallest absolute Gasteiger partial charge is 0.135 e. The Hall–Kier alpha value is -2.46. The Morgan fingerprint density at radius 1 is 1.00 bits per heavy atom. The van der Waals surface area contributed by atoms with Crippen molar-refractivity contribution in [1.82, 2.24) is 9.80 Å². The third-order valence-electron chi connectivity index (χ3n) is 7.21. The van der Waals surface area contributed by atoms with E-state index in [4.69, 9.17) is 9.47 Å². The van der Waals surface area contributed by atoms with Crippen LogP contribution in [0.2, 0.25) is 0 Å². The van der Waals surface area contributed by atoms with Crippen LogP contribution in [0, 0.1) is 23.1 Å². The van der Waals surface area contributed by atoms with Crippen LogP contribution in [0.1, 0.15) is 45.6 Å². The molecule has 1 fully saturated rings. The minimum absolute atomic E-state index is 0.0956. The van der Waals surface area contributed by atoms with Gasteiger partial charge in [0.05, 0.1) is 18.1 Å². The zero-order valence-corrected chi connectivity index (χ0v) is 22.2. The Morgan fingerprint density at radius 2 is 1.67 bits per heavy atom. The van der Waals surface area contributed by atoms with Crippen molar-refractivity contribution in [3.05, 3.63) is 66.0 Å². The highest BCUT2D eigenvalue weighted by atomic mass is 19.1. The van der Waals surface area contributed by atoms with Crippen molar-refractivity contribution in [2.75, 3.05) is 52.5 Å². The SMILES string of the molecule is CCCOCC(CN1CCN(CCCC(C#N)(c2ccccc2)C(C)C)CC1)Oc1ccc(F)cc1. The molecule has 6 heteroatoms. The van der Waals surface area contributed by atoms with E-state index < -0.39 is 5.41 Å². The first-order valence-corrected chi connectivity index (χ1v) is 13.4. The number of piperazine rings is 1. The fourth-order valence-electron chi connectivity index (χ4n) is 5.01. The molecule has 2 aromatic rings. The lowest BCUT2D eigenvalue weighted by molar-refractivity contribution is 0.0193. The van der Waals surface area contributed by atoms with Gasteiger partial charge in [0.25, 0.3) is 0 Å². The minimum atomic E-state index is -0.438. The highest BCUT2D eigenvalue weighted by Gasteiger charge is 2.35. The number of hydrogen-bond donors (Lipinski definition) is 0. The summed E-state index contributed by atoms with van der Waals surface area (Å²) in [6.45, 7) is 13.4. The van der Waals surface area contributed by atoms with Crippen LogP contribution in [-0.4, -0.2) is 68.4 Å². The molecule has 1 saturated heterocycles. The minimum Gasteiger partial charge on any atom is -0.487 e. The van der Waals surface area contributed by atoms with E-state index in [0.29, 0.717) is 19.0 Å². The second kappa shape index (κ2) is 14.3. The molecule has 196 valence electrons. The first kappa shape index (κ1) is 28.1. The molecule has 0 N–H and O–H groups in total. The lowest BCUT2D eigenvalue weighted by atomic mass is 9.70. The van der Waals surface area contributed by atoms with Crippen LogP contribution in [0.15, 0.2) is 54.6 Å². The van der Waals surface area contributed by atoms with E-state index in [-0.39, 0.29) is 17.8 Å². The van der Waals surface area contributed by atoms with Crippen molar-refractivity contribution in [3.8, 4) is 11.8 Å². The molecule has 36 heavy (non-hydrogen) atoms. The Labute approximate surface area is 216 Å². The first-order chi connectivity index (χ1) is 17.5. The number of nitriles is 1. The molecule has 3 rings (SSSR count). The van der Waals surface area contributed by atoms with Gasteiger partial charge >= 0.3 is 0 Å². The summed E-state index contributed by atoms with van der Waals surface area (Å²) < 4.78 is 25.2. The monoisotopic (exact) mass is 495 g/mol. The van der Waals surface area contributed by atoms with Crippen LogP contribution in [0.4, 0.5) is 4.39 Å². The molecule has 2 aromatic carbocycles. The van der Waals surface area contributed by atoms with E-state index in [2.05, 4.69) is 48.8 Å². The molecule has 1 aliphatic heterocycles. The van der Waals surface area contributed by atoms with Crippen molar-refractivity contribution in [3.63, 3.8) is 0 Å². The van der Waals surface area contributed by atoms with Crippen molar-refractivity contribution in [1.29, 1.82) is 5.26 Å². The third kappa shape index (κ3) is 8.03. The molecule has 0 bridgehead atoms. The summed E-state index contributed by atoms with van der Waals surface area (Å²) >= 11 is 0. The van der Waals surface area contributed by atoms with E-state index in [0.717, 1.165) is 64.1 Å². The summed E-state index contributed by atoms with van der Waals surface area (Å²) in [6.07, 6.45) is 2.74. The number of nitrogens with zero attached hydrogens (tertiary/aromatic N) is 3. The van der Waals surface area contributed by atoms with Crippen LogP contribution < -0.4 is 4.74 Å². The second-order valence-electron chi connectivity index (χ2n) is 10.1. The van der Waals surface area contributed by atoms with E-state index in [1.807, 2.05) is 18.2 Å². The molecular formula is C30H42FN3O2. The summed E-state index contributed by atoms with van der Waals surface area (Å²) in [6, 6.07) is 19.1. The van der Waals surface area contributed by atoms with Crippen LogP contribution in [-0.2, 0) is 10.2 Å². The zero-order chi connectivity index (χ0) is 25.8. The second-order valence-corrected chi connectivity index (χ2v) is 10.1. The van der Waals surface area contributed by atoms with E-state index >= 15 is 0 Å². The van der Waals surface area contributed by atoms with Gasteiger partial charge in [0.2, 0.25) is 0 Å². The lowest BCUT2D eigenvalue weighted by Crippen LogP contribution is -2.50. The maximum Gasteiger partial charge on any atom is 0.135 e. The Balaban J connectivity index is 1.48. The molecule has 0 spiro atoms. The maximum atomic E-state index is 13.3. The summed E-state index contributed by atoms with van der Waals surface area (Å²) in [7, 11) is 0. The quantitative estimate of drug-likeness (QED) is 0.323. The third-order valence-corrected chi connectivity index (χ3v) is 7.21. The van der Waals surface area contributed by atoms with Gasteiger partial charge in [-0.3, -0.25) is 4.90 Å². The molecule has 0 radical (unpaired) electrons. The van der Waals surface area contributed by atoms with Gasteiger partial charge in [-0.15, -0.1) is 0 Å². The number of ether oxygens (including phenoxy) is 2. The summed E-state index contributed by atoms with van der Waals surface area (Å²) in [5, 5.41) is 10.1. The lowest BCUT2D eigenvalue weighted by Gasteiger charge is -2.37. The van der Waals surface area contributed by atoms with Crippen molar-refractivity contribution >= 4 is 0 Å². The van der Waals surface area contributed by atoms with Gasteiger partial charge in [-0.1, -0.05) is 51.1 Å². The molecule has 0 aliphatic carbocycles. The fourth-order valence-corrected chi connectivity index (χ4v) is 5.01. The largest absolute Gasteiger partial charge is 0.487 e. The molecule has 1 heterocycles. The number of benzene rings is 2. The van der Waals surface area contributed by atoms with Gasteiger partial charge in [-0.25, -0.2) is 4.39 Å². The summed E-state index contributed by atoms with van der Waals surface area (Å²) in [5.41, 5.74) is 0.691. The molecule has 1 aliphatic rings. The van der Waals surface area contributed by atoms with Gasteiger partial charge in [0.1, 0.15) is 17.7 Å². The fraction of sp³-hybridized carbons (Fsp3) is 0.567. The predicted molar refractivity (Wildman–Crippen MR) is 143 cm³/mol. The molecule has 0 amide bonds. The van der Waals surface area contributed by atoms with E-state index in [1.165, 1.54) is 12.1 Å². The average molecular weight is 496 g/mol. The molecule has 0 aromatic heterocycles. The van der Waals surface area contributed by atoms with E-state index in [1.54, 1.807) is 12.1 Å². The molecule has 0 saturated carbocycles. The van der Waals surface area contributed by atoms with Crippen molar-refractivity contribution in [2.45, 2.75) is 51.6 Å². The highest BCUT2D eigenvalue weighted by Crippen LogP contribution is 2.36. The van der Waals surface area contributed by atoms with Gasteiger partial charge in [-0.2, -0.15) is 5.26 Å². The molecule has 2 atom stereocenters. The van der Waals surface area contributed by atoms with Gasteiger partial charge in [0, 0.05) is 39.3 Å². The number of hydrogen-bond acceptors (Lipinski definition) is 5. The summed E-state index contributed by atoms with van der Waals surface area (Å²) in [5.74, 6) is 0.667. The first-order valence-electron chi connectivity index (χ1n) is 13.4. The topological polar surface area (TPSA) is 48.7 Å².